The highest BCUT2D eigenvalue weighted by Gasteiger charge is 2.29. The number of sulfonamides is 1. The van der Waals surface area contributed by atoms with Crippen LogP contribution >= 0.6 is 0 Å². The van der Waals surface area contributed by atoms with Gasteiger partial charge in [-0.3, -0.25) is 14.4 Å². The molecule has 2 unspecified atom stereocenters. The summed E-state index contributed by atoms with van der Waals surface area (Å²) in [4.78, 5) is 39.7. The Balaban J connectivity index is 0.00000194. The molecule has 0 fully saturated rings. The maximum absolute atomic E-state index is 13.0. The summed E-state index contributed by atoms with van der Waals surface area (Å²) in [5.74, 6) is -2.15. The van der Waals surface area contributed by atoms with Gasteiger partial charge in [0.1, 0.15) is 18.0 Å². The third kappa shape index (κ3) is 10.3. The van der Waals surface area contributed by atoms with Crippen LogP contribution in [0.2, 0.25) is 0 Å². The van der Waals surface area contributed by atoms with Crippen LogP contribution in [-0.2, 0) is 30.8 Å². The number of aromatic nitrogens is 1. The molecule has 2 atom stereocenters. The average Bonchev–Trinajstić information content (AvgIpc) is 3.19. The zero-order valence-corrected chi connectivity index (χ0v) is 21.8. The van der Waals surface area contributed by atoms with Crippen LogP contribution < -0.4 is 20.7 Å². The maximum atomic E-state index is 13.0. The molecule has 35 heavy (non-hydrogen) atoms. The third-order valence-corrected chi connectivity index (χ3v) is 6.00. The predicted octanol–water partition coefficient (Wildman–Crippen LogP) is 1.56. The SMILES string of the molecule is C=CC.CNC(=O)C(Cc1c[nH]c2ccccc12)NC(=O)C(CC(C)C)NS(=O)(=O)CNC(C)=O. The van der Waals surface area contributed by atoms with Crippen molar-refractivity contribution in [2.75, 3.05) is 12.9 Å². The van der Waals surface area contributed by atoms with Gasteiger partial charge in [0.05, 0.1) is 0 Å². The summed E-state index contributed by atoms with van der Waals surface area (Å²) >= 11 is 0. The Hall–Kier alpha value is -3.18. The molecule has 2 aromatic rings. The summed E-state index contributed by atoms with van der Waals surface area (Å²) in [6.07, 6.45) is 3.98. The lowest BCUT2D eigenvalue weighted by Crippen LogP contribution is -2.55. The van der Waals surface area contributed by atoms with E-state index in [1.165, 1.54) is 14.0 Å². The molecule has 0 aliphatic rings. The molecule has 0 aliphatic heterocycles. The Morgan fingerprint density at radius 1 is 1.11 bits per heavy atom. The van der Waals surface area contributed by atoms with Crippen molar-refractivity contribution in [1.82, 2.24) is 25.7 Å². The van der Waals surface area contributed by atoms with Gasteiger partial charge >= 0.3 is 0 Å². The molecule has 11 heteroatoms. The fourth-order valence-corrected chi connectivity index (χ4v) is 4.42. The molecular weight excluding hydrogens is 470 g/mol. The van der Waals surface area contributed by atoms with Gasteiger partial charge in [-0.25, -0.2) is 13.1 Å². The molecule has 1 aromatic carbocycles. The first-order valence-corrected chi connectivity index (χ1v) is 13.0. The molecule has 1 aromatic heterocycles. The summed E-state index contributed by atoms with van der Waals surface area (Å²) in [6, 6.07) is 5.61. The molecule has 5 N–H and O–H groups in total. The van der Waals surface area contributed by atoms with Gasteiger partial charge in [0.2, 0.25) is 27.7 Å². The molecule has 10 nitrogen and oxygen atoms in total. The van der Waals surface area contributed by atoms with E-state index in [0.717, 1.165) is 16.5 Å². The maximum Gasteiger partial charge on any atom is 0.242 e. The average molecular weight is 508 g/mol. The summed E-state index contributed by atoms with van der Waals surface area (Å²) in [5, 5.41) is 8.37. The Kier molecular flexibility index (Phi) is 12.2. The Morgan fingerprint density at radius 3 is 2.31 bits per heavy atom. The number of allylic oxidation sites excluding steroid dienone is 1. The number of likely N-dealkylation sites (N-methyl/N-ethyl adjacent to an activating group) is 1. The summed E-state index contributed by atoms with van der Waals surface area (Å²) in [7, 11) is -2.48. The number of nitrogens with one attached hydrogen (secondary N) is 5. The summed E-state index contributed by atoms with van der Waals surface area (Å²) in [5.41, 5.74) is 1.76. The van der Waals surface area contributed by atoms with Gasteiger partial charge in [-0.15, -0.1) is 6.58 Å². The number of amides is 3. The summed E-state index contributed by atoms with van der Waals surface area (Å²) in [6.45, 7) is 10.2. The first-order chi connectivity index (χ1) is 16.4. The minimum atomic E-state index is -3.96. The first kappa shape index (κ1) is 29.9. The lowest BCUT2D eigenvalue weighted by molar-refractivity contribution is -0.129. The zero-order valence-electron chi connectivity index (χ0n) is 21.0. The number of hydrogen-bond acceptors (Lipinski definition) is 5. The van der Waals surface area contributed by atoms with E-state index in [1.807, 2.05) is 45.0 Å². The number of para-hydroxylation sites is 1. The minimum Gasteiger partial charge on any atom is -0.361 e. The van der Waals surface area contributed by atoms with E-state index >= 15 is 0 Å². The van der Waals surface area contributed by atoms with E-state index in [1.54, 1.807) is 12.3 Å². The van der Waals surface area contributed by atoms with E-state index in [2.05, 4.69) is 32.2 Å². The first-order valence-electron chi connectivity index (χ1n) is 11.3. The quantitative estimate of drug-likeness (QED) is 0.293. The number of hydrogen-bond donors (Lipinski definition) is 5. The minimum absolute atomic E-state index is 0.00119. The van der Waals surface area contributed by atoms with E-state index in [0.29, 0.717) is 0 Å². The number of carbonyl (C=O) groups is 3. The van der Waals surface area contributed by atoms with Crippen LogP contribution in [-0.4, -0.2) is 56.1 Å². The van der Waals surface area contributed by atoms with Gasteiger partial charge in [0.25, 0.3) is 0 Å². The van der Waals surface area contributed by atoms with Crippen LogP contribution in [0, 0.1) is 5.92 Å². The lowest BCUT2D eigenvalue weighted by Gasteiger charge is -2.23. The van der Waals surface area contributed by atoms with E-state index in [-0.39, 0.29) is 18.8 Å². The van der Waals surface area contributed by atoms with Crippen LogP contribution in [0.5, 0.6) is 0 Å². The van der Waals surface area contributed by atoms with Gasteiger partial charge in [-0.2, -0.15) is 0 Å². The van der Waals surface area contributed by atoms with Gasteiger partial charge < -0.3 is 20.9 Å². The van der Waals surface area contributed by atoms with Crippen molar-refractivity contribution in [3.63, 3.8) is 0 Å². The molecule has 0 aliphatic carbocycles. The van der Waals surface area contributed by atoms with Crippen molar-refractivity contribution in [1.29, 1.82) is 0 Å². The van der Waals surface area contributed by atoms with E-state index in [9.17, 15) is 22.8 Å². The highest BCUT2D eigenvalue weighted by molar-refractivity contribution is 7.89. The Labute approximate surface area is 207 Å². The molecule has 194 valence electrons. The number of benzene rings is 1. The number of fused-ring (bicyclic) bond motifs is 1. The lowest BCUT2D eigenvalue weighted by atomic mass is 10.0. The van der Waals surface area contributed by atoms with Crippen molar-refractivity contribution in [3.05, 3.63) is 48.7 Å². The normalized spacial score (nSPS) is 12.7. The predicted molar refractivity (Wildman–Crippen MR) is 138 cm³/mol. The molecule has 2 rings (SSSR count). The Bertz CT molecular complexity index is 1110. The zero-order chi connectivity index (χ0) is 26.6. The number of carbonyl (C=O) groups excluding carboxylic acids is 3. The number of aromatic amines is 1. The molecular formula is C24H37N5O5S. The second-order valence-electron chi connectivity index (χ2n) is 8.44. The van der Waals surface area contributed by atoms with Gasteiger partial charge in [-0.1, -0.05) is 38.1 Å². The second-order valence-corrected chi connectivity index (χ2v) is 10.2. The fourth-order valence-electron chi connectivity index (χ4n) is 3.31. The molecule has 0 spiro atoms. The van der Waals surface area contributed by atoms with Gasteiger partial charge in [0, 0.05) is 37.5 Å². The molecule has 0 saturated carbocycles. The molecule has 1 heterocycles. The van der Waals surface area contributed by atoms with Crippen molar-refractivity contribution in [3.8, 4) is 0 Å². The van der Waals surface area contributed by atoms with Crippen LogP contribution in [0.4, 0.5) is 0 Å². The van der Waals surface area contributed by atoms with Crippen molar-refractivity contribution >= 4 is 38.6 Å². The third-order valence-electron chi connectivity index (χ3n) is 4.83. The van der Waals surface area contributed by atoms with Crippen molar-refractivity contribution in [2.24, 2.45) is 5.92 Å². The largest absolute Gasteiger partial charge is 0.361 e. The second kappa shape index (κ2) is 14.3. The summed E-state index contributed by atoms with van der Waals surface area (Å²) < 4.78 is 27.0. The fraction of sp³-hybridized carbons (Fsp3) is 0.458. The topological polar surface area (TPSA) is 149 Å². The smallest absolute Gasteiger partial charge is 0.242 e. The van der Waals surface area contributed by atoms with E-state index in [4.69, 9.17) is 0 Å². The number of H-pyrrole nitrogens is 1. The van der Waals surface area contributed by atoms with Crippen LogP contribution in [0.3, 0.4) is 0 Å². The van der Waals surface area contributed by atoms with Gasteiger partial charge in [0.15, 0.2) is 0 Å². The number of rotatable bonds is 11. The van der Waals surface area contributed by atoms with Crippen LogP contribution in [0.1, 0.15) is 39.7 Å². The van der Waals surface area contributed by atoms with Crippen molar-refractivity contribution < 1.29 is 22.8 Å². The van der Waals surface area contributed by atoms with Gasteiger partial charge in [-0.05, 0) is 30.9 Å². The van der Waals surface area contributed by atoms with Crippen LogP contribution in [0.15, 0.2) is 43.1 Å². The van der Waals surface area contributed by atoms with Crippen LogP contribution in [0.25, 0.3) is 10.9 Å². The Morgan fingerprint density at radius 2 is 1.74 bits per heavy atom. The molecule has 3 amide bonds. The van der Waals surface area contributed by atoms with E-state index < -0.39 is 45.7 Å². The monoisotopic (exact) mass is 507 g/mol. The highest BCUT2D eigenvalue weighted by Crippen LogP contribution is 2.19. The molecule has 0 bridgehead atoms. The molecule has 0 saturated heterocycles. The highest BCUT2D eigenvalue weighted by atomic mass is 32.2. The molecule has 0 radical (unpaired) electrons. The van der Waals surface area contributed by atoms with Crippen molar-refractivity contribution in [2.45, 2.75) is 52.6 Å². The standard InChI is InChI=1S/C21H31N5O5S.C3H6/c1-13(2)9-19(26-32(30,31)12-24-14(3)27)21(29)25-18(20(28)22-4)10-15-11-23-17-8-6-5-7-16(15)17;1-3-2/h5-8,11,13,18-19,23,26H,9-10,12H2,1-4H3,(H,22,28)(H,24,27)(H,25,29);3H,1H2,2H3.